The minimum absolute atomic E-state index is 0.0994. The number of anilines is 3. The van der Waals surface area contributed by atoms with E-state index in [-0.39, 0.29) is 29.0 Å². The van der Waals surface area contributed by atoms with Crippen LogP contribution in [0.15, 0.2) is 53.4 Å². The number of furan rings is 1. The molecule has 0 radical (unpaired) electrons. The van der Waals surface area contributed by atoms with Crippen molar-refractivity contribution in [3.05, 3.63) is 65.9 Å². The molecule has 0 fully saturated rings. The quantitative estimate of drug-likeness (QED) is 0.412. The molecule has 0 bridgehead atoms. The summed E-state index contributed by atoms with van der Waals surface area (Å²) in [7, 11) is 0. The van der Waals surface area contributed by atoms with Gasteiger partial charge in [-0.15, -0.1) is 0 Å². The molecule has 0 saturated carbocycles. The van der Waals surface area contributed by atoms with Crippen LogP contribution in [0.3, 0.4) is 0 Å². The van der Waals surface area contributed by atoms with Crippen LogP contribution in [0.1, 0.15) is 26.5 Å². The Kier molecular flexibility index (Phi) is 5.17. The number of hydrogen-bond donors (Lipinski definition) is 5. The van der Waals surface area contributed by atoms with Crippen LogP contribution in [0.25, 0.3) is 0 Å². The zero-order valence-electron chi connectivity index (χ0n) is 14.3. The van der Waals surface area contributed by atoms with Gasteiger partial charge in [-0.25, -0.2) is 9.97 Å². The highest BCUT2D eigenvalue weighted by Gasteiger charge is 2.13. The van der Waals surface area contributed by atoms with Crippen molar-refractivity contribution in [3.8, 4) is 0 Å². The monoisotopic (exact) mass is 367 g/mol. The molecule has 0 unspecified atom stereocenters. The van der Waals surface area contributed by atoms with Crippen LogP contribution in [0.4, 0.5) is 17.3 Å². The largest absolute Gasteiger partial charge is 0.459 e. The van der Waals surface area contributed by atoms with E-state index < -0.39 is 5.91 Å². The SMILES string of the molecule is Cc1ccccc1C(=O)NNc1ncnc(NNC(=O)c2ccco2)c1N. The number of hydrogen-bond acceptors (Lipinski definition) is 8. The van der Waals surface area contributed by atoms with Crippen molar-refractivity contribution >= 4 is 29.1 Å². The first kappa shape index (κ1) is 17.7. The summed E-state index contributed by atoms with van der Waals surface area (Å²) in [5, 5.41) is 0. The molecule has 0 spiro atoms. The number of rotatable bonds is 6. The summed E-state index contributed by atoms with van der Waals surface area (Å²) in [6, 6.07) is 10.2. The third-order valence-electron chi connectivity index (χ3n) is 3.61. The fourth-order valence-electron chi connectivity index (χ4n) is 2.19. The summed E-state index contributed by atoms with van der Waals surface area (Å²) in [4.78, 5) is 32.0. The van der Waals surface area contributed by atoms with Crippen LogP contribution in [-0.2, 0) is 0 Å². The summed E-state index contributed by atoms with van der Waals surface area (Å²) in [5.74, 6) is -0.398. The van der Waals surface area contributed by atoms with Crippen LogP contribution in [0.2, 0.25) is 0 Å². The third kappa shape index (κ3) is 4.12. The van der Waals surface area contributed by atoms with Crippen molar-refractivity contribution in [3.63, 3.8) is 0 Å². The van der Waals surface area contributed by atoms with Gasteiger partial charge in [0.05, 0.1) is 6.26 Å². The van der Waals surface area contributed by atoms with Gasteiger partial charge in [-0.05, 0) is 30.7 Å². The molecular formula is C17H17N7O3. The second kappa shape index (κ2) is 7.87. The summed E-state index contributed by atoms with van der Waals surface area (Å²) >= 11 is 0. The molecule has 138 valence electrons. The van der Waals surface area contributed by atoms with E-state index in [0.29, 0.717) is 5.56 Å². The minimum Gasteiger partial charge on any atom is -0.459 e. The highest BCUT2D eigenvalue weighted by Crippen LogP contribution is 2.21. The Morgan fingerprint density at radius 1 is 0.963 bits per heavy atom. The second-order valence-electron chi connectivity index (χ2n) is 5.44. The molecule has 0 aliphatic rings. The predicted octanol–water partition coefficient (Wildman–Crippen LogP) is 1.47. The summed E-state index contributed by atoms with van der Waals surface area (Å²) in [6.45, 7) is 1.83. The molecular weight excluding hydrogens is 350 g/mol. The van der Waals surface area contributed by atoms with Gasteiger partial charge in [0.25, 0.3) is 5.91 Å². The summed E-state index contributed by atoms with van der Waals surface area (Å²) < 4.78 is 4.98. The number of nitrogen functional groups attached to an aromatic ring is 1. The lowest BCUT2D eigenvalue weighted by Crippen LogP contribution is -2.32. The lowest BCUT2D eigenvalue weighted by molar-refractivity contribution is 0.0933. The highest BCUT2D eigenvalue weighted by molar-refractivity contribution is 5.96. The van der Waals surface area contributed by atoms with Gasteiger partial charge in [-0.2, -0.15) is 0 Å². The van der Waals surface area contributed by atoms with Gasteiger partial charge in [0, 0.05) is 5.56 Å². The number of aryl methyl sites for hydroxylation is 1. The van der Waals surface area contributed by atoms with Gasteiger partial charge in [-0.1, -0.05) is 18.2 Å². The molecule has 2 amide bonds. The number of carbonyl (C=O) groups is 2. The van der Waals surface area contributed by atoms with E-state index in [1.165, 1.54) is 18.7 Å². The van der Waals surface area contributed by atoms with Crippen molar-refractivity contribution in [2.24, 2.45) is 0 Å². The van der Waals surface area contributed by atoms with Crippen LogP contribution >= 0.6 is 0 Å². The van der Waals surface area contributed by atoms with Gasteiger partial charge in [0.1, 0.15) is 12.0 Å². The van der Waals surface area contributed by atoms with E-state index in [0.717, 1.165) is 5.56 Å². The Bertz CT molecular complexity index is 957. The van der Waals surface area contributed by atoms with Crippen molar-refractivity contribution < 1.29 is 14.0 Å². The fraction of sp³-hybridized carbons (Fsp3) is 0.0588. The number of aromatic nitrogens is 2. The first-order valence-electron chi connectivity index (χ1n) is 7.88. The van der Waals surface area contributed by atoms with Crippen molar-refractivity contribution in [2.45, 2.75) is 6.92 Å². The van der Waals surface area contributed by atoms with E-state index in [9.17, 15) is 9.59 Å². The number of nitrogens with two attached hydrogens (primary N) is 1. The molecule has 2 aromatic heterocycles. The number of hydrazine groups is 2. The minimum atomic E-state index is -0.500. The van der Waals surface area contributed by atoms with E-state index in [1.807, 2.05) is 19.1 Å². The predicted molar refractivity (Wildman–Crippen MR) is 98.5 cm³/mol. The maximum atomic E-state index is 12.2. The molecule has 0 saturated heterocycles. The Morgan fingerprint density at radius 2 is 1.63 bits per heavy atom. The van der Waals surface area contributed by atoms with Crippen LogP contribution in [0, 0.1) is 6.92 Å². The first-order valence-corrected chi connectivity index (χ1v) is 7.88. The maximum absolute atomic E-state index is 12.2. The van der Waals surface area contributed by atoms with Crippen LogP contribution in [0.5, 0.6) is 0 Å². The Balaban J connectivity index is 1.63. The molecule has 2 heterocycles. The summed E-state index contributed by atoms with van der Waals surface area (Å²) in [5.41, 5.74) is 17.6. The van der Waals surface area contributed by atoms with Gasteiger partial charge >= 0.3 is 5.91 Å². The van der Waals surface area contributed by atoms with Crippen LogP contribution in [-0.4, -0.2) is 21.8 Å². The molecule has 10 nitrogen and oxygen atoms in total. The molecule has 0 aliphatic heterocycles. The fourth-order valence-corrected chi connectivity index (χ4v) is 2.19. The third-order valence-corrected chi connectivity index (χ3v) is 3.61. The molecule has 6 N–H and O–H groups in total. The number of carbonyl (C=O) groups excluding carboxylic acids is 2. The summed E-state index contributed by atoms with van der Waals surface area (Å²) in [6.07, 6.45) is 2.60. The Hall–Kier alpha value is -4.08. The van der Waals surface area contributed by atoms with Crippen LogP contribution < -0.4 is 27.4 Å². The van der Waals surface area contributed by atoms with E-state index >= 15 is 0 Å². The molecule has 0 aliphatic carbocycles. The van der Waals surface area contributed by atoms with Gasteiger partial charge in [-0.3, -0.25) is 31.3 Å². The normalized spacial score (nSPS) is 10.1. The van der Waals surface area contributed by atoms with Gasteiger partial charge < -0.3 is 10.2 Å². The van der Waals surface area contributed by atoms with Gasteiger partial charge in [0.15, 0.2) is 17.4 Å². The zero-order valence-corrected chi connectivity index (χ0v) is 14.3. The standard InChI is InChI=1S/C17H17N7O3/c1-10-5-2-3-6-11(10)16(25)23-21-14-13(18)15(20-9-19-14)22-24-17(26)12-7-4-8-27-12/h2-9H,18H2,1H3,(H,23,25)(H,24,26)(H2,19,20,21,22). The average molecular weight is 367 g/mol. The lowest BCUT2D eigenvalue weighted by atomic mass is 10.1. The molecule has 27 heavy (non-hydrogen) atoms. The van der Waals surface area contributed by atoms with Crippen molar-refractivity contribution in [1.82, 2.24) is 20.8 Å². The first-order chi connectivity index (χ1) is 13.1. The molecule has 0 atom stereocenters. The number of amides is 2. The zero-order chi connectivity index (χ0) is 19.2. The number of nitrogens with one attached hydrogen (secondary N) is 4. The van der Waals surface area contributed by atoms with E-state index in [1.54, 1.807) is 18.2 Å². The highest BCUT2D eigenvalue weighted by atomic mass is 16.3. The van der Waals surface area contributed by atoms with Crippen molar-refractivity contribution in [2.75, 3.05) is 16.6 Å². The number of benzene rings is 1. The Labute approximate surface area is 154 Å². The van der Waals surface area contributed by atoms with E-state index in [2.05, 4.69) is 31.7 Å². The molecule has 1 aromatic carbocycles. The molecule has 3 rings (SSSR count). The van der Waals surface area contributed by atoms with Gasteiger partial charge in [0.2, 0.25) is 0 Å². The van der Waals surface area contributed by atoms with E-state index in [4.69, 9.17) is 10.2 Å². The molecule has 10 heteroatoms. The second-order valence-corrected chi connectivity index (χ2v) is 5.44. The van der Waals surface area contributed by atoms with Crippen molar-refractivity contribution in [1.29, 1.82) is 0 Å². The molecule has 3 aromatic rings. The topological polar surface area (TPSA) is 147 Å². The number of nitrogens with zero attached hydrogens (tertiary/aromatic N) is 2. The average Bonchev–Trinajstić information content (AvgIpc) is 3.21. The maximum Gasteiger partial charge on any atom is 0.305 e. The Morgan fingerprint density at radius 3 is 2.26 bits per heavy atom. The smallest absolute Gasteiger partial charge is 0.305 e. The lowest BCUT2D eigenvalue weighted by Gasteiger charge is -2.13.